The van der Waals surface area contributed by atoms with Crippen LogP contribution in [-0.4, -0.2) is 24.8 Å². The van der Waals surface area contributed by atoms with Gasteiger partial charge in [-0.2, -0.15) is 4.98 Å². The number of hydrogen-bond donors (Lipinski definition) is 2. The summed E-state index contributed by atoms with van der Waals surface area (Å²) in [6.07, 6.45) is 2.09. The van der Waals surface area contributed by atoms with E-state index in [1.54, 1.807) is 12.1 Å². The molecule has 1 aromatic heterocycles. The van der Waals surface area contributed by atoms with Crippen molar-refractivity contribution in [2.75, 3.05) is 31.3 Å². The Labute approximate surface area is 94.7 Å². The third-order valence-electron chi connectivity index (χ3n) is 2.74. The molecule has 0 unspecified atom stereocenters. The zero-order valence-corrected chi connectivity index (χ0v) is 9.19. The van der Waals surface area contributed by atoms with Crippen LogP contribution in [0.25, 0.3) is 0 Å². The van der Waals surface area contributed by atoms with Crippen molar-refractivity contribution in [2.24, 2.45) is 5.92 Å². The predicted molar refractivity (Wildman–Crippen MR) is 62.1 cm³/mol. The van der Waals surface area contributed by atoms with E-state index in [0.717, 1.165) is 26.1 Å². The number of pyridine rings is 1. The lowest BCUT2D eigenvalue weighted by Gasteiger charge is -2.21. The number of anilines is 2. The van der Waals surface area contributed by atoms with Crippen LogP contribution in [0.1, 0.15) is 12.8 Å². The molecule has 0 spiro atoms. The van der Waals surface area contributed by atoms with Crippen LogP contribution in [0.3, 0.4) is 0 Å². The van der Waals surface area contributed by atoms with E-state index < -0.39 is 0 Å². The highest BCUT2D eigenvalue weighted by atomic mass is 16.5. The lowest BCUT2D eigenvalue weighted by atomic mass is 10.0. The Balaban J connectivity index is 1.86. The number of nitrogens with two attached hydrogens (primary N) is 2. The fraction of sp³-hybridized carbons (Fsp3) is 0.545. The first kappa shape index (κ1) is 11.0. The highest BCUT2D eigenvalue weighted by Crippen LogP contribution is 2.19. The Hall–Kier alpha value is -1.49. The van der Waals surface area contributed by atoms with Gasteiger partial charge >= 0.3 is 0 Å². The first-order valence-electron chi connectivity index (χ1n) is 5.48. The van der Waals surface area contributed by atoms with E-state index >= 15 is 0 Å². The van der Waals surface area contributed by atoms with Crippen molar-refractivity contribution in [1.29, 1.82) is 0 Å². The van der Waals surface area contributed by atoms with Crippen molar-refractivity contribution >= 4 is 11.5 Å². The molecule has 16 heavy (non-hydrogen) atoms. The van der Waals surface area contributed by atoms with Crippen LogP contribution in [0.15, 0.2) is 12.1 Å². The Morgan fingerprint density at radius 2 is 2.06 bits per heavy atom. The van der Waals surface area contributed by atoms with E-state index in [2.05, 4.69) is 4.98 Å². The second-order valence-electron chi connectivity index (χ2n) is 3.99. The summed E-state index contributed by atoms with van der Waals surface area (Å²) in [6, 6.07) is 3.45. The molecule has 0 bridgehead atoms. The quantitative estimate of drug-likeness (QED) is 0.800. The average molecular weight is 223 g/mol. The first-order valence-corrected chi connectivity index (χ1v) is 5.48. The minimum atomic E-state index is 0.324. The third-order valence-corrected chi connectivity index (χ3v) is 2.74. The van der Waals surface area contributed by atoms with Crippen molar-refractivity contribution in [3.63, 3.8) is 0 Å². The van der Waals surface area contributed by atoms with E-state index in [1.165, 1.54) is 0 Å². The molecule has 88 valence electrons. The van der Waals surface area contributed by atoms with Gasteiger partial charge in [0.05, 0.1) is 12.3 Å². The van der Waals surface area contributed by atoms with E-state index in [-0.39, 0.29) is 0 Å². The summed E-state index contributed by atoms with van der Waals surface area (Å²) in [5.74, 6) is 1.41. The summed E-state index contributed by atoms with van der Waals surface area (Å²) in [7, 11) is 0. The largest absolute Gasteiger partial charge is 0.477 e. The predicted octanol–water partition coefficient (Wildman–Crippen LogP) is 1.05. The molecule has 1 aliphatic rings. The normalized spacial score (nSPS) is 17.2. The lowest BCUT2D eigenvalue weighted by molar-refractivity contribution is 0.0491. The van der Waals surface area contributed by atoms with E-state index in [4.69, 9.17) is 20.9 Å². The Morgan fingerprint density at radius 3 is 2.75 bits per heavy atom. The Morgan fingerprint density at radius 1 is 1.31 bits per heavy atom. The number of aromatic nitrogens is 1. The minimum Gasteiger partial charge on any atom is -0.477 e. The number of hydrogen-bond acceptors (Lipinski definition) is 5. The molecule has 5 heteroatoms. The van der Waals surface area contributed by atoms with E-state index in [9.17, 15) is 0 Å². The molecule has 0 radical (unpaired) electrons. The molecule has 1 aromatic rings. The van der Waals surface area contributed by atoms with Crippen LogP contribution >= 0.6 is 0 Å². The molecule has 0 saturated carbocycles. The zero-order chi connectivity index (χ0) is 11.4. The molecule has 5 nitrogen and oxygen atoms in total. The number of rotatable bonds is 3. The maximum Gasteiger partial charge on any atom is 0.215 e. The van der Waals surface area contributed by atoms with Gasteiger partial charge in [0.15, 0.2) is 5.82 Å². The Kier molecular flexibility index (Phi) is 3.46. The van der Waals surface area contributed by atoms with Crippen LogP contribution in [0.2, 0.25) is 0 Å². The van der Waals surface area contributed by atoms with Crippen LogP contribution in [-0.2, 0) is 4.74 Å². The first-order chi connectivity index (χ1) is 7.75. The topological polar surface area (TPSA) is 83.4 Å². The van der Waals surface area contributed by atoms with Crippen LogP contribution in [0, 0.1) is 5.92 Å². The van der Waals surface area contributed by atoms with E-state index in [0.29, 0.717) is 29.9 Å². The van der Waals surface area contributed by atoms with Gasteiger partial charge in [-0.3, -0.25) is 0 Å². The second-order valence-corrected chi connectivity index (χ2v) is 3.99. The number of ether oxygens (including phenoxy) is 2. The van der Waals surface area contributed by atoms with Gasteiger partial charge in [0.1, 0.15) is 0 Å². The molecule has 2 heterocycles. The van der Waals surface area contributed by atoms with Gasteiger partial charge in [-0.1, -0.05) is 0 Å². The number of nitrogen functional groups attached to an aromatic ring is 2. The van der Waals surface area contributed by atoms with Gasteiger partial charge in [0.25, 0.3) is 0 Å². The molecule has 0 atom stereocenters. The van der Waals surface area contributed by atoms with Crippen molar-refractivity contribution in [3.8, 4) is 5.88 Å². The van der Waals surface area contributed by atoms with Gasteiger partial charge in [-0.05, 0) is 24.8 Å². The van der Waals surface area contributed by atoms with Crippen LogP contribution in [0.4, 0.5) is 11.5 Å². The molecule has 1 fully saturated rings. The molecule has 2 rings (SSSR count). The van der Waals surface area contributed by atoms with Gasteiger partial charge in [0, 0.05) is 19.3 Å². The minimum absolute atomic E-state index is 0.324. The van der Waals surface area contributed by atoms with Gasteiger partial charge < -0.3 is 20.9 Å². The molecule has 1 saturated heterocycles. The van der Waals surface area contributed by atoms with Gasteiger partial charge in [-0.15, -0.1) is 0 Å². The monoisotopic (exact) mass is 223 g/mol. The fourth-order valence-corrected chi connectivity index (χ4v) is 1.66. The molecule has 1 aliphatic heterocycles. The van der Waals surface area contributed by atoms with Crippen molar-refractivity contribution in [3.05, 3.63) is 12.1 Å². The smallest absolute Gasteiger partial charge is 0.215 e. The van der Waals surface area contributed by atoms with Crippen LogP contribution < -0.4 is 16.2 Å². The van der Waals surface area contributed by atoms with Gasteiger partial charge in [0.2, 0.25) is 5.88 Å². The average Bonchev–Trinajstić information content (AvgIpc) is 2.32. The van der Waals surface area contributed by atoms with Crippen molar-refractivity contribution in [2.45, 2.75) is 12.8 Å². The second kappa shape index (κ2) is 5.03. The SMILES string of the molecule is Nc1ccc(OCC2CCOCC2)nc1N. The summed E-state index contributed by atoms with van der Waals surface area (Å²) in [4.78, 5) is 4.06. The summed E-state index contributed by atoms with van der Waals surface area (Å²) in [5, 5.41) is 0. The summed E-state index contributed by atoms with van der Waals surface area (Å²) < 4.78 is 10.9. The fourth-order valence-electron chi connectivity index (χ4n) is 1.66. The molecule has 4 N–H and O–H groups in total. The lowest BCUT2D eigenvalue weighted by Crippen LogP contribution is -2.21. The van der Waals surface area contributed by atoms with Gasteiger partial charge in [-0.25, -0.2) is 0 Å². The standard InChI is InChI=1S/C11H17N3O2/c12-9-1-2-10(14-11(9)13)16-7-8-3-5-15-6-4-8/h1-2,8H,3-7,12H2,(H2,13,14). The zero-order valence-electron chi connectivity index (χ0n) is 9.19. The maximum atomic E-state index is 5.59. The molecule has 0 aromatic carbocycles. The third kappa shape index (κ3) is 2.76. The summed E-state index contributed by atoms with van der Waals surface area (Å²) >= 11 is 0. The number of nitrogens with zero attached hydrogens (tertiary/aromatic N) is 1. The molecular formula is C11H17N3O2. The van der Waals surface area contributed by atoms with Crippen molar-refractivity contribution in [1.82, 2.24) is 4.98 Å². The highest BCUT2D eigenvalue weighted by molar-refractivity contribution is 5.58. The summed E-state index contributed by atoms with van der Waals surface area (Å²) in [5.41, 5.74) is 11.6. The Bertz CT molecular complexity index is 351. The maximum absolute atomic E-state index is 5.59. The highest BCUT2D eigenvalue weighted by Gasteiger charge is 2.14. The molecular weight excluding hydrogens is 206 g/mol. The molecule has 0 aliphatic carbocycles. The van der Waals surface area contributed by atoms with E-state index in [1.807, 2.05) is 0 Å². The molecule has 0 amide bonds. The van der Waals surface area contributed by atoms with Crippen LogP contribution in [0.5, 0.6) is 5.88 Å². The van der Waals surface area contributed by atoms with Crippen molar-refractivity contribution < 1.29 is 9.47 Å². The summed E-state index contributed by atoms with van der Waals surface area (Å²) in [6.45, 7) is 2.32.